The average Bonchev–Trinajstić information content (AvgIpc) is 2.17. The van der Waals surface area contributed by atoms with E-state index < -0.39 is 18.3 Å². The molecule has 1 nitrogen and oxygen atoms in total. The lowest BCUT2D eigenvalue weighted by molar-refractivity contribution is 0.151. The molecule has 0 aliphatic carbocycles. The fraction of sp³-hybridized carbons (Fsp3) is 0.400. The molecule has 0 radical (unpaired) electrons. The molecule has 0 saturated heterocycles. The molecule has 0 bridgehead atoms. The predicted molar refractivity (Wildman–Crippen MR) is 48.6 cm³/mol. The van der Waals surface area contributed by atoms with Crippen LogP contribution >= 0.6 is 0 Å². The monoisotopic (exact) mass is 203 g/mol. The normalized spacial score (nSPS) is 13.3. The molecular formula is C10H12F3N. The minimum Gasteiger partial charge on any atom is -0.324 e. The Morgan fingerprint density at radius 3 is 2.50 bits per heavy atom. The summed E-state index contributed by atoms with van der Waals surface area (Å²) in [5.74, 6) is -0.524. The molecule has 0 aliphatic heterocycles. The van der Waals surface area contributed by atoms with Crippen molar-refractivity contribution in [1.29, 1.82) is 0 Å². The van der Waals surface area contributed by atoms with Crippen LogP contribution in [0.25, 0.3) is 0 Å². The molecule has 0 aliphatic rings. The standard InChI is InChI=1S/C10H12F3N/c1-2-9(14)7-5-6(10(12)13)3-4-8(7)11/h3-5,9-10H,2,14H2,1H3/t9-/m1/s1. The highest BCUT2D eigenvalue weighted by Crippen LogP contribution is 2.25. The van der Waals surface area contributed by atoms with E-state index in [9.17, 15) is 13.2 Å². The van der Waals surface area contributed by atoms with E-state index in [0.717, 1.165) is 18.2 Å². The van der Waals surface area contributed by atoms with Crippen LogP contribution in [0.5, 0.6) is 0 Å². The molecule has 78 valence electrons. The zero-order valence-corrected chi connectivity index (χ0v) is 7.81. The van der Waals surface area contributed by atoms with Crippen molar-refractivity contribution in [3.63, 3.8) is 0 Å². The first kappa shape index (κ1) is 11.0. The third-order valence-electron chi connectivity index (χ3n) is 2.11. The fourth-order valence-electron chi connectivity index (χ4n) is 1.20. The first-order valence-electron chi connectivity index (χ1n) is 4.39. The van der Waals surface area contributed by atoms with Gasteiger partial charge >= 0.3 is 0 Å². The summed E-state index contributed by atoms with van der Waals surface area (Å²) in [5, 5.41) is 0. The molecule has 1 aromatic rings. The molecule has 0 spiro atoms. The van der Waals surface area contributed by atoms with Crippen molar-refractivity contribution in [2.75, 3.05) is 0 Å². The van der Waals surface area contributed by atoms with E-state index in [-0.39, 0.29) is 11.1 Å². The lowest BCUT2D eigenvalue weighted by atomic mass is 10.0. The van der Waals surface area contributed by atoms with Gasteiger partial charge in [0.15, 0.2) is 0 Å². The van der Waals surface area contributed by atoms with Crippen LogP contribution in [0.3, 0.4) is 0 Å². The van der Waals surface area contributed by atoms with Crippen LogP contribution in [0.15, 0.2) is 18.2 Å². The molecule has 1 aromatic carbocycles. The summed E-state index contributed by atoms with van der Waals surface area (Å²) in [6, 6.07) is 2.72. The highest BCUT2D eigenvalue weighted by Gasteiger charge is 2.14. The number of hydrogen-bond acceptors (Lipinski definition) is 1. The minimum atomic E-state index is -2.58. The summed E-state index contributed by atoms with van der Waals surface area (Å²) in [5.41, 5.74) is 5.55. The SMILES string of the molecule is CC[C@@H](N)c1cc(C(F)F)ccc1F. The van der Waals surface area contributed by atoms with Gasteiger partial charge in [-0.1, -0.05) is 13.0 Å². The third-order valence-corrected chi connectivity index (χ3v) is 2.11. The van der Waals surface area contributed by atoms with Gasteiger partial charge in [0.05, 0.1) is 0 Å². The second kappa shape index (κ2) is 4.46. The Labute approximate surface area is 80.7 Å². The Bertz CT molecular complexity index is 312. The molecule has 0 fully saturated rings. The summed E-state index contributed by atoms with van der Waals surface area (Å²) in [6.07, 6.45) is -2.07. The second-order valence-corrected chi connectivity index (χ2v) is 3.10. The van der Waals surface area contributed by atoms with Crippen molar-refractivity contribution in [2.45, 2.75) is 25.8 Å². The number of rotatable bonds is 3. The molecule has 0 heterocycles. The van der Waals surface area contributed by atoms with E-state index in [2.05, 4.69) is 0 Å². The zero-order valence-electron chi connectivity index (χ0n) is 7.81. The van der Waals surface area contributed by atoms with Crippen molar-refractivity contribution in [2.24, 2.45) is 5.73 Å². The number of alkyl halides is 2. The molecule has 14 heavy (non-hydrogen) atoms. The highest BCUT2D eigenvalue weighted by atomic mass is 19.3. The number of halogens is 3. The van der Waals surface area contributed by atoms with Crippen molar-refractivity contribution in [3.05, 3.63) is 35.1 Å². The maximum atomic E-state index is 13.1. The van der Waals surface area contributed by atoms with Crippen molar-refractivity contribution >= 4 is 0 Å². The van der Waals surface area contributed by atoms with Gasteiger partial charge < -0.3 is 5.73 Å². The maximum Gasteiger partial charge on any atom is 0.263 e. The van der Waals surface area contributed by atoms with Gasteiger partial charge in [-0.15, -0.1) is 0 Å². The first-order chi connectivity index (χ1) is 6.56. The maximum absolute atomic E-state index is 13.1. The van der Waals surface area contributed by atoms with E-state index in [4.69, 9.17) is 5.73 Å². The lowest BCUT2D eigenvalue weighted by Gasteiger charge is -2.11. The molecule has 0 unspecified atom stereocenters. The minimum absolute atomic E-state index is 0.158. The summed E-state index contributed by atoms with van der Waals surface area (Å²) >= 11 is 0. The van der Waals surface area contributed by atoms with Gasteiger partial charge in [0.1, 0.15) is 5.82 Å². The van der Waals surface area contributed by atoms with Crippen LogP contribution < -0.4 is 5.73 Å². The smallest absolute Gasteiger partial charge is 0.263 e. The van der Waals surface area contributed by atoms with Gasteiger partial charge in [-0.05, 0) is 18.6 Å². The van der Waals surface area contributed by atoms with E-state index in [1.54, 1.807) is 6.92 Å². The van der Waals surface area contributed by atoms with Crippen LogP contribution in [0.4, 0.5) is 13.2 Å². The van der Waals surface area contributed by atoms with Gasteiger partial charge in [-0.25, -0.2) is 13.2 Å². The Morgan fingerprint density at radius 2 is 2.00 bits per heavy atom. The second-order valence-electron chi connectivity index (χ2n) is 3.10. The van der Waals surface area contributed by atoms with Crippen molar-refractivity contribution in [1.82, 2.24) is 0 Å². The number of benzene rings is 1. The summed E-state index contributed by atoms with van der Waals surface area (Å²) in [6.45, 7) is 1.78. The first-order valence-corrected chi connectivity index (χ1v) is 4.39. The number of nitrogens with two attached hydrogens (primary N) is 1. The summed E-state index contributed by atoms with van der Waals surface area (Å²) in [4.78, 5) is 0. The van der Waals surface area contributed by atoms with Crippen LogP contribution in [0.2, 0.25) is 0 Å². The predicted octanol–water partition coefficient (Wildman–Crippen LogP) is 3.17. The average molecular weight is 203 g/mol. The van der Waals surface area contributed by atoms with Gasteiger partial charge in [-0.3, -0.25) is 0 Å². The van der Waals surface area contributed by atoms with Gasteiger partial charge in [-0.2, -0.15) is 0 Å². The topological polar surface area (TPSA) is 26.0 Å². The van der Waals surface area contributed by atoms with E-state index in [0.29, 0.717) is 6.42 Å². The molecule has 2 N–H and O–H groups in total. The lowest BCUT2D eigenvalue weighted by Crippen LogP contribution is -2.11. The molecule has 1 atom stereocenters. The van der Waals surface area contributed by atoms with Crippen LogP contribution in [0.1, 0.15) is 36.9 Å². The van der Waals surface area contributed by atoms with E-state index >= 15 is 0 Å². The van der Waals surface area contributed by atoms with Crippen molar-refractivity contribution < 1.29 is 13.2 Å². The highest BCUT2D eigenvalue weighted by molar-refractivity contribution is 5.28. The largest absolute Gasteiger partial charge is 0.324 e. The molecular weight excluding hydrogens is 191 g/mol. The van der Waals surface area contributed by atoms with Gasteiger partial charge in [0.2, 0.25) is 0 Å². The number of hydrogen-bond donors (Lipinski definition) is 1. The summed E-state index contributed by atoms with van der Waals surface area (Å²) in [7, 11) is 0. The Kier molecular flexibility index (Phi) is 3.52. The van der Waals surface area contributed by atoms with E-state index in [1.165, 1.54) is 0 Å². The Morgan fingerprint density at radius 1 is 1.36 bits per heavy atom. The van der Waals surface area contributed by atoms with Gasteiger partial charge in [0.25, 0.3) is 6.43 Å². The van der Waals surface area contributed by atoms with E-state index in [1.807, 2.05) is 0 Å². The molecule has 0 aromatic heterocycles. The Hall–Kier alpha value is -1.03. The van der Waals surface area contributed by atoms with Crippen LogP contribution in [0, 0.1) is 5.82 Å². The van der Waals surface area contributed by atoms with Crippen LogP contribution in [-0.2, 0) is 0 Å². The molecule has 0 saturated carbocycles. The Balaban J connectivity index is 3.08. The molecule has 1 rings (SSSR count). The van der Waals surface area contributed by atoms with Crippen molar-refractivity contribution in [3.8, 4) is 0 Å². The fourth-order valence-corrected chi connectivity index (χ4v) is 1.20. The molecule has 0 amide bonds. The van der Waals surface area contributed by atoms with Crippen LogP contribution in [-0.4, -0.2) is 0 Å². The third kappa shape index (κ3) is 2.26. The summed E-state index contributed by atoms with van der Waals surface area (Å²) < 4.78 is 37.7. The molecule has 4 heteroatoms. The van der Waals surface area contributed by atoms with Gasteiger partial charge in [0, 0.05) is 17.2 Å². The quantitative estimate of drug-likeness (QED) is 0.802. The zero-order chi connectivity index (χ0) is 10.7.